The molecule has 2 rings (SSSR count). The van der Waals surface area contributed by atoms with Crippen LogP contribution in [0.2, 0.25) is 0 Å². The highest BCUT2D eigenvalue weighted by Crippen LogP contribution is 2.40. The lowest BCUT2D eigenvalue weighted by molar-refractivity contribution is -0.150. The second-order valence-electron chi connectivity index (χ2n) is 5.64. The number of nitrogens with one attached hydrogen (secondary N) is 1. The third-order valence-corrected chi connectivity index (χ3v) is 3.61. The number of carbonyl (C=O) groups excluding carboxylic acids is 1. The number of hydrazine groups is 1. The molecule has 5 nitrogen and oxygen atoms in total. The predicted octanol–water partition coefficient (Wildman–Crippen LogP) is 1.34. The Hall–Kier alpha value is -1.59. The predicted molar refractivity (Wildman–Crippen MR) is 77.3 cm³/mol. The van der Waals surface area contributed by atoms with E-state index < -0.39 is 11.5 Å². The van der Waals surface area contributed by atoms with E-state index in [-0.39, 0.29) is 6.61 Å². The summed E-state index contributed by atoms with van der Waals surface area (Å²) in [6.07, 6.45) is 0. The van der Waals surface area contributed by atoms with Crippen LogP contribution in [0.25, 0.3) is 0 Å². The van der Waals surface area contributed by atoms with Gasteiger partial charge in [0.15, 0.2) is 5.54 Å². The molecule has 1 aromatic carbocycles. The molecule has 1 aliphatic heterocycles. The van der Waals surface area contributed by atoms with Gasteiger partial charge in [-0.2, -0.15) is 0 Å². The number of hydrogen-bond acceptors (Lipinski definition) is 5. The molecule has 1 atom stereocenters. The summed E-state index contributed by atoms with van der Waals surface area (Å²) in [6, 6.07) is 5.75. The number of anilines is 1. The quantitative estimate of drug-likeness (QED) is 0.814. The van der Waals surface area contributed by atoms with Crippen LogP contribution in [0.15, 0.2) is 18.2 Å². The zero-order valence-electron chi connectivity index (χ0n) is 12.4. The van der Waals surface area contributed by atoms with E-state index in [4.69, 9.17) is 4.74 Å². The van der Waals surface area contributed by atoms with Gasteiger partial charge in [0.2, 0.25) is 0 Å². The minimum atomic E-state index is -1.20. The average molecular weight is 278 g/mol. The molecule has 1 unspecified atom stereocenters. The first kappa shape index (κ1) is 14.8. The highest BCUT2D eigenvalue weighted by atomic mass is 16.5. The molecule has 0 saturated heterocycles. The number of hydrogen-bond donors (Lipinski definition) is 2. The van der Waals surface area contributed by atoms with Crippen molar-refractivity contribution in [2.45, 2.75) is 26.3 Å². The van der Waals surface area contributed by atoms with Crippen LogP contribution in [0.4, 0.5) is 5.69 Å². The molecule has 0 bridgehead atoms. The normalized spacial score (nSPS) is 21.2. The van der Waals surface area contributed by atoms with E-state index in [1.807, 2.05) is 30.1 Å². The Balaban J connectivity index is 2.56. The van der Waals surface area contributed by atoms with Crippen molar-refractivity contribution in [1.29, 1.82) is 0 Å². The average Bonchev–Trinajstić information content (AvgIpc) is 2.73. The fourth-order valence-corrected chi connectivity index (χ4v) is 2.73. The van der Waals surface area contributed by atoms with Crippen molar-refractivity contribution >= 4 is 11.7 Å². The molecule has 1 heterocycles. The van der Waals surface area contributed by atoms with Crippen LogP contribution in [-0.4, -0.2) is 31.3 Å². The Bertz CT molecular complexity index is 516. The number of benzene rings is 1. The maximum Gasteiger partial charge on any atom is 0.334 e. The lowest BCUT2D eigenvalue weighted by atomic mass is 9.90. The summed E-state index contributed by atoms with van der Waals surface area (Å²) in [5.74, 6) is -0.0554. The van der Waals surface area contributed by atoms with Gasteiger partial charge in [0, 0.05) is 12.1 Å². The Kier molecular flexibility index (Phi) is 4.01. The van der Waals surface area contributed by atoms with Gasteiger partial charge in [0.05, 0.1) is 19.4 Å². The van der Waals surface area contributed by atoms with E-state index in [9.17, 15) is 9.90 Å². The number of fused-ring (bicyclic) bond motifs is 1. The van der Waals surface area contributed by atoms with Crippen LogP contribution in [-0.2, 0) is 15.1 Å². The fraction of sp³-hybridized carbons (Fsp3) is 0.533. The van der Waals surface area contributed by atoms with Crippen molar-refractivity contribution in [2.24, 2.45) is 5.92 Å². The number of aliphatic hydroxyl groups is 1. The molecule has 2 N–H and O–H groups in total. The van der Waals surface area contributed by atoms with Gasteiger partial charge >= 0.3 is 5.97 Å². The number of carbonyl (C=O) groups is 1. The van der Waals surface area contributed by atoms with Crippen molar-refractivity contribution in [2.75, 3.05) is 25.3 Å². The third kappa shape index (κ3) is 2.17. The number of rotatable bonds is 4. The number of nitrogens with zero attached hydrogens (tertiary/aromatic N) is 1. The van der Waals surface area contributed by atoms with Crippen molar-refractivity contribution < 1.29 is 14.6 Å². The van der Waals surface area contributed by atoms with Crippen molar-refractivity contribution in [3.8, 4) is 0 Å². The van der Waals surface area contributed by atoms with Crippen LogP contribution >= 0.6 is 0 Å². The van der Waals surface area contributed by atoms with Gasteiger partial charge < -0.3 is 14.9 Å². The van der Waals surface area contributed by atoms with Crippen molar-refractivity contribution in [3.05, 3.63) is 29.3 Å². The van der Waals surface area contributed by atoms with Gasteiger partial charge in [-0.05, 0) is 18.4 Å². The number of ether oxygens (including phenoxy) is 1. The van der Waals surface area contributed by atoms with Crippen LogP contribution < -0.4 is 10.4 Å². The molecule has 0 spiro atoms. The molecular formula is C15H22N2O3. The van der Waals surface area contributed by atoms with Crippen LogP contribution in [0.5, 0.6) is 0 Å². The number of para-hydroxylation sites is 1. The summed E-state index contributed by atoms with van der Waals surface area (Å²) in [6.45, 7) is 6.62. The fourth-order valence-electron chi connectivity index (χ4n) is 2.73. The standard InChI is InChI=1S/C15H22N2O3/c1-10(2)8-17-13-11(3)6-5-7-12(13)15(9-18,16-17)14(19)20-4/h5-7,10,16,18H,8-9H2,1-4H3. The molecule has 0 amide bonds. The molecule has 1 aromatic rings. The Morgan fingerprint density at radius 2 is 2.20 bits per heavy atom. The van der Waals surface area contributed by atoms with Gasteiger partial charge in [-0.1, -0.05) is 32.0 Å². The lowest BCUT2D eigenvalue weighted by Gasteiger charge is -2.28. The zero-order chi connectivity index (χ0) is 14.9. The Labute approximate surface area is 119 Å². The number of methoxy groups -OCH3 is 1. The van der Waals surface area contributed by atoms with E-state index in [0.29, 0.717) is 5.92 Å². The molecule has 0 aromatic heterocycles. The van der Waals surface area contributed by atoms with Gasteiger partial charge in [0.1, 0.15) is 0 Å². The van der Waals surface area contributed by atoms with E-state index in [1.165, 1.54) is 7.11 Å². The summed E-state index contributed by atoms with van der Waals surface area (Å²) >= 11 is 0. The summed E-state index contributed by atoms with van der Waals surface area (Å²) in [7, 11) is 1.34. The molecule has 0 saturated carbocycles. The van der Waals surface area contributed by atoms with E-state index >= 15 is 0 Å². The molecule has 5 heteroatoms. The van der Waals surface area contributed by atoms with Gasteiger partial charge in [-0.3, -0.25) is 0 Å². The highest BCUT2D eigenvalue weighted by molar-refractivity contribution is 5.88. The van der Waals surface area contributed by atoms with Gasteiger partial charge in [0.25, 0.3) is 0 Å². The molecule has 1 aliphatic rings. The minimum Gasteiger partial charge on any atom is -0.467 e. The third-order valence-electron chi connectivity index (χ3n) is 3.61. The molecule has 0 fully saturated rings. The first-order valence-electron chi connectivity index (χ1n) is 6.81. The Morgan fingerprint density at radius 1 is 1.50 bits per heavy atom. The molecule has 20 heavy (non-hydrogen) atoms. The van der Waals surface area contributed by atoms with Crippen molar-refractivity contribution in [1.82, 2.24) is 5.43 Å². The topological polar surface area (TPSA) is 61.8 Å². The first-order valence-corrected chi connectivity index (χ1v) is 6.81. The maximum atomic E-state index is 12.2. The second-order valence-corrected chi connectivity index (χ2v) is 5.64. The zero-order valence-corrected chi connectivity index (χ0v) is 12.4. The second kappa shape index (κ2) is 5.42. The molecular weight excluding hydrogens is 256 g/mol. The van der Waals surface area contributed by atoms with Crippen LogP contribution in [0.1, 0.15) is 25.0 Å². The lowest BCUT2D eigenvalue weighted by Crippen LogP contribution is -2.54. The van der Waals surface area contributed by atoms with E-state index in [2.05, 4.69) is 19.3 Å². The van der Waals surface area contributed by atoms with E-state index in [0.717, 1.165) is 23.4 Å². The Morgan fingerprint density at radius 3 is 2.75 bits per heavy atom. The minimum absolute atomic E-state index is 0.343. The van der Waals surface area contributed by atoms with Gasteiger partial charge in [-0.15, -0.1) is 0 Å². The number of aryl methyl sites for hydroxylation is 1. The number of esters is 1. The summed E-state index contributed by atoms with van der Waals surface area (Å²) in [5.41, 5.74) is 4.74. The summed E-state index contributed by atoms with van der Waals surface area (Å²) in [5, 5.41) is 11.8. The first-order chi connectivity index (χ1) is 9.46. The highest BCUT2D eigenvalue weighted by Gasteiger charge is 2.49. The molecule has 0 radical (unpaired) electrons. The van der Waals surface area contributed by atoms with E-state index in [1.54, 1.807) is 0 Å². The van der Waals surface area contributed by atoms with Gasteiger partial charge in [-0.25, -0.2) is 10.2 Å². The smallest absolute Gasteiger partial charge is 0.334 e. The van der Waals surface area contributed by atoms with Crippen LogP contribution in [0.3, 0.4) is 0 Å². The van der Waals surface area contributed by atoms with Crippen LogP contribution in [0, 0.1) is 12.8 Å². The number of aliphatic hydroxyl groups excluding tert-OH is 1. The van der Waals surface area contributed by atoms with Crippen molar-refractivity contribution in [3.63, 3.8) is 0 Å². The molecule has 110 valence electrons. The largest absolute Gasteiger partial charge is 0.467 e. The summed E-state index contributed by atoms with van der Waals surface area (Å²) in [4.78, 5) is 12.2. The summed E-state index contributed by atoms with van der Waals surface area (Å²) < 4.78 is 4.89. The molecule has 0 aliphatic carbocycles. The monoisotopic (exact) mass is 278 g/mol. The SMILES string of the molecule is COC(=O)C1(CO)NN(CC(C)C)c2c(C)cccc21. The maximum absolute atomic E-state index is 12.2.